The van der Waals surface area contributed by atoms with Crippen LogP contribution in [0, 0.1) is 20.8 Å². The molecule has 2 aromatic rings. The highest BCUT2D eigenvalue weighted by Gasteiger charge is 2.23. The molecule has 0 bridgehead atoms. The smallest absolute Gasteiger partial charge is 0.340 e. The predicted octanol–water partition coefficient (Wildman–Crippen LogP) is 2.83. The van der Waals surface area contributed by atoms with Gasteiger partial charge in [-0.3, -0.25) is 10.1 Å². The second kappa shape index (κ2) is 6.09. The molecule has 1 amide bonds. The third-order valence-electron chi connectivity index (χ3n) is 2.99. The maximum atomic E-state index is 12.3. The Morgan fingerprint density at radius 3 is 2.67 bits per heavy atom. The number of aromatic nitrogens is 2. The van der Waals surface area contributed by atoms with Gasteiger partial charge < -0.3 is 9.72 Å². The minimum Gasteiger partial charge on any atom is -0.462 e. The molecule has 21 heavy (non-hydrogen) atoms. The number of H-pyrrole nitrogens is 1. The molecule has 2 rings (SSSR count). The Balaban J connectivity index is 2.26. The first-order valence-corrected chi connectivity index (χ1v) is 7.35. The zero-order valence-electron chi connectivity index (χ0n) is 12.4. The van der Waals surface area contributed by atoms with Gasteiger partial charge in [0.25, 0.3) is 5.91 Å². The van der Waals surface area contributed by atoms with Crippen molar-refractivity contribution in [1.82, 2.24) is 9.97 Å². The first-order valence-electron chi connectivity index (χ1n) is 6.54. The van der Waals surface area contributed by atoms with Gasteiger partial charge in [-0.2, -0.15) is 0 Å². The van der Waals surface area contributed by atoms with Crippen molar-refractivity contribution in [2.24, 2.45) is 0 Å². The van der Waals surface area contributed by atoms with Crippen molar-refractivity contribution in [3.63, 3.8) is 0 Å². The maximum Gasteiger partial charge on any atom is 0.340 e. The Hall–Kier alpha value is -2.15. The highest BCUT2D eigenvalue weighted by molar-refractivity contribution is 7.15. The molecule has 2 heterocycles. The van der Waals surface area contributed by atoms with Gasteiger partial charge in [-0.05, 0) is 33.3 Å². The van der Waals surface area contributed by atoms with Crippen molar-refractivity contribution in [2.75, 3.05) is 11.9 Å². The average molecular weight is 307 g/mol. The Kier molecular flexibility index (Phi) is 4.42. The molecule has 2 N–H and O–H groups in total. The quantitative estimate of drug-likeness (QED) is 0.851. The number of nitrogens with one attached hydrogen (secondary N) is 2. The molecule has 0 aliphatic heterocycles. The van der Waals surface area contributed by atoms with Gasteiger partial charge in [0.15, 0.2) is 5.13 Å². The first-order chi connectivity index (χ1) is 9.93. The summed E-state index contributed by atoms with van der Waals surface area (Å²) in [6, 6.07) is 0. The molecule has 0 radical (unpaired) electrons. The molecule has 0 aromatic carbocycles. The van der Waals surface area contributed by atoms with E-state index in [1.165, 1.54) is 11.3 Å². The van der Waals surface area contributed by atoms with Crippen molar-refractivity contribution in [3.8, 4) is 0 Å². The van der Waals surface area contributed by atoms with Gasteiger partial charge in [0.1, 0.15) is 5.69 Å². The Labute approximate surface area is 126 Å². The first kappa shape index (κ1) is 15.2. The number of hydrogen-bond acceptors (Lipinski definition) is 5. The minimum absolute atomic E-state index is 0.294. The third kappa shape index (κ3) is 3.13. The standard InChI is InChI=1S/C14H17N3O3S/c1-5-20-13(19)10-8(3)11(16-9(10)4)12(18)17-14-15-6-7(2)21-14/h6,16H,5H2,1-4H3,(H,15,17,18). The van der Waals surface area contributed by atoms with E-state index in [0.717, 1.165) is 4.88 Å². The zero-order valence-corrected chi connectivity index (χ0v) is 13.2. The molecule has 0 saturated carbocycles. The molecule has 112 valence electrons. The van der Waals surface area contributed by atoms with Gasteiger partial charge in [-0.25, -0.2) is 9.78 Å². The molecular weight excluding hydrogens is 290 g/mol. The summed E-state index contributed by atoms with van der Waals surface area (Å²) in [6.07, 6.45) is 1.69. The predicted molar refractivity (Wildman–Crippen MR) is 81.0 cm³/mol. The number of aryl methyl sites for hydroxylation is 2. The van der Waals surface area contributed by atoms with E-state index in [9.17, 15) is 9.59 Å². The number of thiazole rings is 1. The van der Waals surface area contributed by atoms with E-state index in [1.807, 2.05) is 6.92 Å². The van der Waals surface area contributed by atoms with Crippen molar-refractivity contribution in [2.45, 2.75) is 27.7 Å². The number of hydrogen-bond donors (Lipinski definition) is 2. The lowest BCUT2D eigenvalue weighted by Crippen LogP contribution is -2.14. The zero-order chi connectivity index (χ0) is 15.6. The number of ether oxygens (including phenoxy) is 1. The van der Waals surface area contributed by atoms with Crippen LogP contribution in [0.4, 0.5) is 5.13 Å². The summed E-state index contributed by atoms with van der Waals surface area (Å²) >= 11 is 1.39. The summed E-state index contributed by atoms with van der Waals surface area (Å²) in [5, 5.41) is 3.25. The SMILES string of the molecule is CCOC(=O)c1c(C)[nH]c(C(=O)Nc2ncc(C)s2)c1C. The van der Waals surface area contributed by atoms with Crippen LogP contribution in [0.15, 0.2) is 6.20 Å². The van der Waals surface area contributed by atoms with E-state index in [-0.39, 0.29) is 5.91 Å². The van der Waals surface area contributed by atoms with Crippen LogP contribution in [0.2, 0.25) is 0 Å². The van der Waals surface area contributed by atoms with Crippen molar-refractivity contribution in [3.05, 3.63) is 33.6 Å². The van der Waals surface area contributed by atoms with Gasteiger partial charge in [-0.15, -0.1) is 11.3 Å². The van der Waals surface area contributed by atoms with Gasteiger partial charge in [0.05, 0.1) is 12.2 Å². The highest BCUT2D eigenvalue weighted by Crippen LogP contribution is 2.22. The number of carbonyl (C=O) groups excluding carboxylic acids is 2. The molecule has 0 unspecified atom stereocenters. The summed E-state index contributed by atoms with van der Waals surface area (Å²) in [5.74, 6) is -0.742. The summed E-state index contributed by atoms with van der Waals surface area (Å²) in [6.45, 7) is 7.41. The number of carbonyl (C=O) groups is 2. The number of rotatable bonds is 4. The van der Waals surface area contributed by atoms with Gasteiger partial charge in [-0.1, -0.05) is 0 Å². The molecule has 0 fully saturated rings. The number of anilines is 1. The number of amides is 1. The number of nitrogens with zero attached hydrogens (tertiary/aromatic N) is 1. The van der Waals surface area contributed by atoms with Crippen LogP contribution in [0.5, 0.6) is 0 Å². The minimum atomic E-state index is -0.423. The number of aromatic amines is 1. The second-order valence-electron chi connectivity index (χ2n) is 4.58. The molecule has 2 aromatic heterocycles. The maximum absolute atomic E-state index is 12.3. The largest absolute Gasteiger partial charge is 0.462 e. The Morgan fingerprint density at radius 2 is 2.10 bits per heavy atom. The fourth-order valence-electron chi connectivity index (χ4n) is 2.06. The van der Waals surface area contributed by atoms with E-state index in [1.54, 1.807) is 27.0 Å². The van der Waals surface area contributed by atoms with Crippen molar-refractivity contribution >= 4 is 28.3 Å². The topological polar surface area (TPSA) is 84.1 Å². The third-order valence-corrected chi connectivity index (χ3v) is 3.81. The molecule has 7 heteroatoms. The van der Waals surface area contributed by atoms with E-state index in [4.69, 9.17) is 4.74 Å². The fraction of sp³-hybridized carbons (Fsp3) is 0.357. The van der Waals surface area contributed by atoms with E-state index >= 15 is 0 Å². The van der Waals surface area contributed by atoms with Crippen LogP contribution < -0.4 is 5.32 Å². The average Bonchev–Trinajstić information content (AvgIpc) is 2.93. The van der Waals surface area contributed by atoms with Crippen LogP contribution >= 0.6 is 11.3 Å². The molecular formula is C14H17N3O3S. The summed E-state index contributed by atoms with van der Waals surface area (Å²) in [5.41, 5.74) is 1.96. The second-order valence-corrected chi connectivity index (χ2v) is 5.81. The van der Waals surface area contributed by atoms with E-state index < -0.39 is 5.97 Å². The summed E-state index contributed by atoms with van der Waals surface area (Å²) < 4.78 is 5.00. The van der Waals surface area contributed by atoms with E-state index in [0.29, 0.717) is 34.3 Å². The normalized spacial score (nSPS) is 10.5. The van der Waals surface area contributed by atoms with Crippen LogP contribution in [-0.2, 0) is 4.74 Å². The van der Waals surface area contributed by atoms with Gasteiger partial charge in [0.2, 0.25) is 0 Å². The Morgan fingerprint density at radius 1 is 1.38 bits per heavy atom. The van der Waals surface area contributed by atoms with Gasteiger partial charge in [0, 0.05) is 16.8 Å². The molecule has 0 aliphatic rings. The summed E-state index contributed by atoms with van der Waals surface area (Å²) in [7, 11) is 0. The van der Waals surface area contributed by atoms with E-state index in [2.05, 4.69) is 15.3 Å². The van der Waals surface area contributed by atoms with Crippen LogP contribution in [-0.4, -0.2) is 28.5 Å². The molecule has 0 aliphatic carbocycles. The van der Waals surface area contributed by atoms with Crippen LogP contribution in [0.25, 0.3) is 0 Å². The van der Waals surface area contributed by atoms with Crippen molar-refractivity contribution in [1.29, 1.82) is 0 Å². The number of esters is 1. The lowest BCUT2D eigenvalue weighted by Gasteiger charge is -2.03. The fourth-order valence-corrected chi connectivity index (χ4v) is 2.72. The lowest BCUT2D eigenvalue weighted by atomic mass is 10.1. The molecule has 0 spiro atoms. The monoisotopic (exact) mass is 307 g/mol. The van der Waals surface area contributed by atoms with Crippen molar-refractivity contribution < 1.29 is 14.3 Å². The molecule has 6 nitrogen and oxygen atoms in total. The Bertz CT molecular complexity index is 688. The highest BCUT2D eigenvalue weighted by atomic mass is 32.1. The molecule has 0 atom stereocenters. The van der Waals surface area contributed by atoms with Gasteiger partial charge >= 0.3 is 5.97 Å². The lowest BCUT2D eigenvalue weighted by molar-refractivity contribution is 0.0525. The molecule has 0 saturated heterocycles. The van der Waals surface area contributed by atoms with Crippen LogP contribution in [0.3, 0.4) is 0 Å². The van der Waals surface area contributed by atoms with Crippen LogP contribution in [0.1, 0.15) is 43.9 Å². The summed E-state index contributed by atoms with van der Waals surface area (Å²) in [4.78, 5) is 32.2.